The number of nitrogens with zero attached hydrogens (tertiary/aromatic N) is 1. The fourth-order valence-corrected chi connectivity index (χ4v) is 3.00. The third-order valence-corrected chi connectivity index (χ3v) is 4.20. The number of hydrogen-bond donors (Lipinski definition) is 1. The second-order valence-electron chi connectivity index (χ2n) is 4.60. The quantitative estimate of drug-likeness (QED) is 0.909. The number of aryl methyl sites for hydroxylation is 1. The molecule has 0 unspecified atom stereocenters. The molecule has 0 aliphatic heterocycles. The largest absolute Gasteiger partial charge is 0.481 e. The van der Waals surface area contributed by atoms with Crippen LogP contribution in [-0.4, -0.2) is 11.1 Å². The molecule has 0 bridgehead atoms. The van der Waals surface area contributed by atoms with Crippen LogP contribution in [0.4, 0.5) is 0 Å². The Morgan fingerprint density at radius 1 is 1.24 bits per heavy atom. The van der Waals surface area contributed by atoms with Gasteiger partial charge in [0.25, 0.3) is 0 Å². The number of carboxylic acids is 1. The lowest BCUT2D eigenvalue weighted by atomic mass is 10.1. The molecule has 0 heterocycles. The van der Waals surface area contributed by atoms with Crippen molar-refractivity contribution in [2.45, 2.75) is 29.6 Å². The van der Waals surface area contributed by atoms with E-state index in [2.05, 4.69) is 13.0 Å². The minimum Gasteiger partial charge on any atom is -0.481 e. The Morgan fingerprint density at radius 2 is 1.95 bits per heavy atom. The molecule has 0 fully saturated rings. The normalized spacial score (nSPS) is 10.1. The fourth-order valence-electron chi connectivity index (χ4n) is 2.00. The molecule has 2 aromatic rings. The molecule has 0 radical (unpaired) electrons. The van der Waals surface area contributed by atoms with Crippen LogP contribution in [0.15, 0.2) is 52.3 Å². The zero-order valence-electron chi connectivity index (χ0n) is 11.7. The van der Waals surface area contributed by atoms with Crippen LogP contribution in [0.5, 0.6) is 0 Å². The number of carboxylic acid groups (broad SMARTS) is 1. The van der Waals surface area contributed by atoms with Crippen LogP contribution < -0.4 is 0 Å². The van der Waals surface area contributed by atoms with Gasteiger partial charge in [0.15, 0.2) is 0 Å². The van der Waals surface area contributed by atoms with Gasteiger partial charge in [-0.2, -0.15) is 5.26 Å². The number of carbonyl (C=O) groups is 1. The number of rotatable bonds is 5. The van der Waals surface area contributed by atoms with Gasteiger partial charge in [-0.1, -0.05) is 30.8 Å². The SMILES string of the molecule is CCc1cc(C#N)ccc1Sc1ccc(CC(=O)O)cc1. The Morgan fingerprint density at radius 3 is 2.52 bits per heavy atom. The van der Waals surface area contributed by atoms with E-state index in [1.165, 1.54) is 0 Å². The van der Waals surface area contributed by atoms with Gasteiger partial charge in [-0.05, 0) is 47.9 Å². The third kappa shape index (κ3) is 4.11. The minimum absolute atomic E-state index is 0.0437. The Bertz CT molecular complexity index is 687. The Hall–Kier alpha value is -2.25. The highest BCUT2D eigenvalue weighted by atomic mass is 32.2. The summed E-state index contributed by atoms with van der Waals surface area (Å²) in [6, 6.07) is 15.4. The molecule has 3 nitrogen and oxygen atoms in total. The average Bonchev–Trinajstić information content (AvgIpc) is 2.49. The van der Waals surface area contributed by atoms with Gasteiger partial charge in [0, 0.05) is 9.79 Å². The molecule has 0 saturated heterocycles. The molecule has 2 rings (SSSR count). The molecule has 21 heavy (non-hydrogen) atoms. The molecular weight excluding hydrogens is 282 g/mol. The van der Waals surface area contributed by atoms with E-state index in [4.69, 9.17) is 10.4 Å². The first-order chi connectivity index (χ1) is 10.1. The van der Waals surface area contributed by atoms with Crippen LogP contribution in [0, 0.1) is 11.3 Å². The molecule has 0 aliphatic rings. The first-order valence-electron chi connectivity index (χ1n) is 6.64. The van der Waals surface area contributed by atoms with E-state index in [0.29, 0.717) is 5.56 Å². The predicted octanol–water partition coefficient (Wildman–Crippen LogP) is 3.90. The van der Waals surface area contributed by atoms with Gasteiger partial charge >= 0.3 is 5.97 Å². The Balaban J connectivity index is 2.18. The van der Waals surface area contributed by atoms with Crippen LogP contribution in [0.2, 0.25) is 0 Å². The molecule has 106 valence electrons. The summed E-state index contributed by atoms with van der Waals surface area (Å²) < 4.78 is 0. The van der Waals surface area contributed by atoms with Gasteiger partial charge < -0.3 is 5.11 Å². The second kappa shape index (κ2) is 6.96. The summed E-state index contributed by atoms with van der Waals surface area (Å²) >= 11 is 1.63. The van der Waals surface area contributed by atoms with E-state index in [1.807, 2.05) is 42.5 Å². The predicted molar refractivity (Wildman–Crippen MR) is 82.4 cm³/mol. The molecule has 2 aromatic carbocycles. The van der Waals surface area contributed by atoms with Crippen molar-refractivity contribution >= 4 is 17.7 Å². The number of aliphatic carboxylic acids is 1. The Labute approximate surface area is 128 Å². The highest BCUT2D eigenvalue weighted by Gasteiger charge is 2.06. The lowest BCUT2D eigenvalue weighted by molar-refractivity contribution is -0.136. The average molecular weight is 297 g/mol. The lowest BCUT2D eigenvalue weighted by Gasteiger charge is -2.08. The summed E-state index contributed by atoms with van der Waals surface area (Å²) in [6.07, 6.45) is 0.914. The standard InChI is InChI=1S/C17H15NO2S/c1-2-14-9-13(11-18)5-8-16(14)21-15-6-3-12(4-7-15)10-17(19)20/h3-9H,2,10H2,1H3,(H,19,20). The van der Waals surface area contributed by atoms with Crippen molar-refractivity contribution in [3.05, 3.63) is 59.2 Å². The number of nitriles is 1. The maximum absolute atomic E-state index is 10.7. The summed E-state index contributed by atoms with van der Waals surface area (Å²) in [5.74, 6) is -0.823. The molecule has 0 spiro atoms. The highest BCUT2D eigenvalue weighted by Crippen LogP contribution is 2.31. The van der Waals surface area contributed by atoms with E-state index in [-0.39, 0.29) is 6.42 Å². The van der Waals surface area contributed by atoms with Crippen molar-refractivity contribution in [3.8, 4) is 6.07 Å². The van der Waals surface area contributed by atoms with Crippen LogP contribution in [0.1, 0.15) is 23.6 Å². The summed E-state index contributed by atoms with van der Waals surface area (Å²) in [5, 5.41) is 17.7. The molecule has 4 heteroatoms. The van der Waals surface area contributed by atoms with Crippen LogP contribution in [0.3, 0.4) is 0 Å². The van der Waals surface area contributed by atoms with E-state index in [0.717, 1.165) is 27.3 Å². The smallest absolute Gasteiger partial charge is 0.307 e. The number of benzene rings is 2. The summed E-state index contributed by atoms with van der Waals surface area (Å²) in [4.78, 5) is 12.8. The molecule has 1 N–H and O–H groups in total. The van der Waals surface area contributed by atoms with Crippen LogP contribution in [0.25, 0.3) is 0 Å². The van der Waals surface area contributed by atoms with Crippen molar-refractivity contribution in [1.29, 1.82) is 5.26 Å². The third-order valence-electron chi connectivity index (χ3n) is 3.08. The van der Waals surface area contributed by atoms with E-state index < -0.39 is 5.97 Å². The van der Waals surface area contributed by atoms with Gasteiger partial charge in [-0.25, -0.2) is 0 Å². The van der Waals surface area contributed by atoms with E-state index in [9.17, 15) is 4.79 Å². The zero-order valence-corrected chi connectivity index (χ0v) is 12.5. The van der Waals surface area contributed by atoms with Crippen molar-refractivity contribution < 1.29 is 9.90 Å². The molecule has 0 aliphatic carbocycles. The number of hydrogen-bond acceptors (Lipinski definition) is 3. The van der Waals surface area contributed by atoms with Crippen LogP contribution in [-0.2, 0) is 17.6 Å². The first kappa shape index (κ1) is 15.1. The van der Waals surface area contributed by atoms with Gasteiger partial charge in [-0.15, -0.1) is 0 Å². The van der Waals surface area contributed by atoms with Crippen molar-refractivity contribution in [3.63, 3.8) is 0 Å². The molecule has 0 aromatic heterocycles. The summed E-state index contributed by atoms with van der Waals surface area (Å²) in [6.45, 7) is 2.07. The highest BCUT2D eigenvalue weighted by molar-refractivity contribution is 7.99. The zero-order chi connectivity index (χ0) is 15.2. The van der Waals surface area contributed by atoms with E-state index in [1.54, 1.807) is 11.8 Å². The van der Waals surface area contributed by atoms with Gasteiger partial charge in [0.2, 0.25) is 0 Å². The van der Waals surface area contributed by atoms with Crippen molar-refractivity contribution in [1.82, 2.24) is 0 Å². The second-order valence-corrected chi connectivity index (χ2v) is 5.72. The maximum Gasteiger partial charge on any atom is 0.307 e. The van der Waals surface area contributed by atoms with Gasteiger partial charge in [0.1, 0.15) is 0 Å². The summed E-state index contributed by atoms with van der Waals surface area (Å²) in [7, 11) is 0. The van der Waals surface area contributed by atoms with E-state index >= 15 is 0 Å². The van der Waals surface area contributed by atoms with Gasteiger partial charge in [-0.3, -0.25) is 4.79 Å². The molecule has 0 amide bonds. The monoisotopic (exact) mass is 297 g/mol. The van der Waals surface area contributed by atoms with Crippen molar-refractivity contribution in [2.24, 2.45) is 0 Å². The topological polar surface area (TPSA) is 61.1 Å². The Kier molecular flexibility index (Phi) is 5.02. The van der Waals surface area contributed by atoms with Crippen molar-refractivity contribution in [2.75, 3.05) is 0 Å². The molecular formula is C17H15NO2S. The molecule has 0 saturated carbocycles. The fraction of sp³-hybridized carbons (Fsp3) is 0.176. The maximum atomic E-state index is 10.7. The van der Waals surface area contributed by atoms with Gasteiger partial charge in [0.05, 0.1) is 18.1 Å². The van der Waals surface area contributed by atoms with Crippen LogP contribution >= 0.6 is 11.8 Å². The first-order valence-corrected chi connectivity index (χ1v) is 7.45. The minimum atomic E-state index is -0.823. The molecule has 0 atom stereocenters. The lowest BCUT2D eigenvalue weighted by Crippen LogP contribution is -1.99. The summed E-state index contributed by atoms with van der Waals surface area (Å²) in [5.41, 5.74) is 2.61.